The van der Waals surface area contributed by atoms with Crippen molar-refractivity contribution in [2.75, 3.05) is 10.7 Å². The SMILES string of the molecule is CC1Cc2ccccc2N1C(=O)CC1CSc2nc3c(cnn3-c3ccc(F)cc3)c(=O)n21. The molecule has 7 nitrogen and oxygen atoms in total. The van der Waals surface area contributed by atoms with Gasteiger partial charge in [-0.25, -0.2) is 14.1 Å². The lowest BCUT2D eigenvalue weighted by molar-refractivity contribution is -0.119. The van der Waals surface area contributed by atoms with Crippen LogP contribution >= 0.6 is 11.8 Å². The fourth-order valence-corrected chi connectivity index (χ4v) is 5.93. The van der Waals surface area contributed by atoms with E-state index in [0.717, 1.165) is 12.1 Å². The molecule has 0 radical (unpaired) electrons. The zero-order valence-electron chi connectivity index (χ0n) is 17.8. The lowest BCUT2D eigenvalue weighted by Gasteiger charge is -2.24. The second-order valence-electron chi connectivity index (χ2n) is 8.45. The second-order valence-corrected chi connectivity index (χ2v) is 9.44. The van der Waals surface area contributed by atoms with Crippen LogP contribution in [0.25, 0.3) is 16.7 Å². The van der Waals surface area contributed by atoms with Crippen LogP contribution in [0.15, 0.2) is 64.7 Å². The van der Waals surface area contributed by atoms with E-state index in [4.69, 9.17) is 0 Å². The minimum Gasteiger partial charge on any atom is -0.309 e. The average molecular weight is 462 g/mol. The molecule has 1 amide bonds. The lowest BCUT2D eigenvalue weighted by Crippen LogP contribution is -2.38. The summed E-state index contributed by atoms with van der Waals surface area (Å²) in [4.78, 5) is 33.2. The molecule has 4 heterocycles. The van der Waals surface area contributed by atoms with Gasteiger partial charge in [0.25, 0.3) is 5.56 Å². The molecule has 9 heteroatoms. The van der Waals surface area contributed by atoms with Gasteiger partial charge in [-0.05, 0) is 49.2 Å². The molecule has 0 N–H and O–H groups in total. The van der Waals surface area contributed by atoms with Gasteiger partial charge in [-0.2, -0.15) is 5.10 Å². The Balaban J connectivity index is 1.34. The Hall–Kier alpha value is -3.46. The highest BCUT2D eigenvalue weighted by Crippen LogP contribution is 2.37. The Labute approximate surface area is 192 Å². The molecule has 2 atom stereocenters. The summed E-state index contributed by atoms with van der Waals surface area (Å²) in [6.45, 7) is 2.05. The molecule has 6 rings (SSSR count). The number of hydrogen-bond acceptors (Lipinski definition) is 5. The van der Waals surface area contributed by atoms with Gasteiger partial charge in [0.2, 0.25) is 5.91 Å². The van der Waals surface area contributed by atoms with Crippen LogP contribution in [0.5, 0.6) is 0 Å². The van der Waals surface area contributed by atoms with Gasteiger partial charge in [-0.15, -0.1) is 0 Å². The number of benzene rings is 2. The summed E-state index contributed by atoms with van der Waals surface area (Å²) < 4.78 is 16.5. The van der Waals surface area contributed by atoms with Gasteiger partial charge in [-0.1, -0.05) is 30.0 Å². The van der Waals surface area contributed by atoms with E-state index in [1.165, 1.54) is 35.7 Å². The van der Waals surface area contributed by atoms with Crippen LogP contribution in [0.2, 0.25) is 0 Å². The molecule has 2 aliphatic heterocycles. The van der Waals surface area contributed by atoms with Crippen LogP contribution in [0, 0.1) is 5.82 Å². The number of fused-ring (bicyclic) bond motifs is 3. The molecule has 0 bridgehead atoms. The third-order valence-electron chi connectivity index (χ3n) is 6.33. The molecule has 2 aromatic heterocycles. The van der Waals surface area contributed by atoms with E-state index in [-0.39, 0.29) is 35.8 Å². The monoisotopic (exact) mass is 461 g/mol. The summed E-state index contributed by atoms with van der Waals surface area (Å²) in [7, 11) is 0. The van der Waals surface area contributed by atoms with Crippen molar-refractivity contribution in [2.45, 2.75) is 37.0 Å². The maximum Gasteiger partial charge on any atom is 0.265 e. The Bertz CT molecular complexity index is 1460. The first kappa shape index (κ1) is 20.2. The summed E-state index contributed by atoms with van der Waals surface area (Å²) in [6.07, 6.45) is 2.56. The van der Waals surface area contributed by atoms with Crippen molar-refractivity contribution in [1.82, 2.24) is 19.3 Å². The van der Waals surface area contributed by atoms with Crippen LogP contribution in [-0.2, 0) is 11.2 Å². The predicted molar refractivity (Wildman–Crippen MR) is 125 cm³/mol. The minimum atomic E-state index is -0.345. The van der Waals surface area contributed by atoms with Crippen molar-refractivity contribution in [3.63, 3.8) is 0 Å². The fourth-order valence-electron chi connectivity index (χ4n) is 4.80. The number of para-hydroxylation sites is 1. The summed E-state index contributed by atoms with van der Waals surface area (Å²) in [5.41, 5.74) is 2.98. The average Bonchev–Trinajstić information content (AvgIpc) is 3.49. The normalized spacial score (nSPS) is 19.2. The number of carbonyl (C=O) groups is 1. The fraction of sp³-hybridized carbons (Fsp3) is 0.250. The molecule has 0 saturated heterocycles. The highest BCUT2D eigenvalue weighted by molar-refractivity contribution is 7.99. The number of hydrogen-bond donors (Lipinski definition) is 0. The molecule has 2 unspecified atom stereocenters. The molecule has 0 aliphatic carbocycles. The van der Waals surface area contributed by atoms with E-state index < -0.39 is 0 Å². The second kappa shape index (κ2) is 7.55. The van der Waals surface area contributed by atoms with Crippen LogP contribution in [0.3, 0.4) is 0 Å². The van der Waals surface area contributed by atoms with E-state index >= 15 is 0 Å². The number of anilines is 1. The molecule has 2 aliphatic rings. The zero-order chi connectivity index (χ0) is 22.7. The van der Waals surface area contributed by atoms with Crippen LogP contribution < -0.4 is 10.5 Å². The molecule has 33 heavy (non-hydrogen) atoms. The van der Waals surface area contributed by atoms with Crippen molar-refractivity contribution in [3.05, 3.63) is 76.5 Å². The van der Waals surface area contributed by atoms with Gasteiger partial charge in [0.1, 0.15) is 11.2 Å². The quantitative estimate of drug-likeness (QED) is 0.435. The van der Waals surface area contributed by atoms with Gasteiger partial charge in [0.15, 0.2) is 10.8 Å². The van der Waals surface area contributed by atoms with Crippen LogP contribution in [0.1, 0.15) is 24.9 Å². The van der Waals surface area contributed by atoms with E-state index in [0.29, 0.717) is 27.6 Å². The highest BCUT2D eigenvalue weighted by atomic mass is 32.2. The Kier molecular flexibility index (Phi) is 4.62. The van der Waals surface area contributed by atoms with Gasteiger partial charge in [0, 0.05) is 23.9 Å². The zero-order valence-corrected chi connectivity index (χ0v) is 18.6. The number of amides is 1. The van der Waals surface area contributed by atoms with E-state index in [2.05, 4.69) is 23.1 Å². The van der Waals surface area contributed by atoms with Crippen LogP contribution in [-0.4, -0.2) is 37.0 Å². The summed E-state index contributed by atoms with van der Waals surface area (Å²) in [5, 5.41) is 5.27. The summed E-state index contributed by atoms with van der Waals surface area (Å²) in [5.74, 6) is 0.274. The first-order chi connectivity index (χ1) is 16.0. The number of halogens is 1. The number of nitrogens with zero attached hydrogens (tertiary/aromatic N) is 5. The summed E-state index contributed by atoms with van der Waals surface area (Å²) in [6, 6.07) is 13.7. The molecule has 4 aromatic rings. The smallest absolute Gasteiger partial charge is 0.265 e. The van der Waals surface area contributed by atoms with Crippen molar-refractivity contribution in [1.29, 1.82) is 0 Å². The standard InChI is InChI=1S/C24H20FN5O2S/c1-14-10-15-4-2-3-5-20(15)28(14)21(31)11-18-13-33-24-27-22-19(23(32)29(18)24)12-26-30(22)17-8-6-16(25)7-9-17/h2-9,12,14,18H,10-11,13H2,1H3. The van der Waals surface area contributed by atoms with Crippen molar-refractivity contribution in [2.24, 2.45) is 0 Å². The molecule has 2 aromatic carbocycles. The molecular formula is C24H20FN5O2S. The van der Waals surface area contributed by atoms with Crippen molar-refractivity contribution in [3.8, 4) is 5.69 Å². The molecule has 166 valence electrons. The lowest BCUT2D eigenvalue weighted by atomic mass is 10.1. The Morgan fingerprint density at radius 2 is 1.97 bits per heavy atom. The largest absolute Gasteiger partial charge is 0.309 e. The van der Waals surface area contributed by atoms with E-state index in [1.54, 1.807) is 21.4 Å². The molecule has 0 fully saturated rings. The number of thioether (sulfide) groups is 1. The number of rotatable bonds is 3. The molecular weight excluding hydrogens is 441 g/mol. The topological polar surface area (TPSA) is 73.0 Å². The van der Waals surface area contributed by atoms with E-state index in [9.17, 15) is 14.0 Å². The highest BCUT2D eigenvalue weighted by Gasteiger charge is 2.35. The predicted octanol–water partition coefficient (Wildman–Crippen LogP) is 3.74. The third-order valence-corrected chi connectivity index (χ3v) is 7.43. The van der Waals surface area contributed by atoms with Crippen molar-refractivity contribution < 1.29 is 9.18 Å². The van der Waals surface area contributed by atoms with Gasteiger partial charge >= 0.3 is 0 Å². The third kappa shape index (κ3) is 3.18. The van der Waals surface area contributed by atoms with Gasteiger partial charge in [0.05, 0.1) is 17.9 Å². The van der Waals surface area contributed by atoms with Crippen LogP contribution in [0.4, 0.5) is 10.1 Å². The Morgan fingerprint density at radius 1 is 1.18 bits per heavy atom. The summed E-state index contributed by atoms with van der Waals surface area (Å²) >= 11 is 1.47. The minimum absolute atomic E-state index is 0.0138. The van der Waals surface area contributed by atoms with Crippen molar-refractivity contribution >= 4 is 34.4 Å². The Morgan fingerprint density at radius 3 is 2.79 bits per heavy atom. The van der Waals surface area contributed by atoms with Gasteiger partial charge < -0.3 is 4.90 Å². The first-order valence-electron chi connectivity index (χ1n) is 10.8. The maximum atomic E-state index is 13.4. The number of aromatic nitrogens is 4. The maximum absolute atomic E-state index is 13.4. The first-order valence-corrected chi connectivity index (χ1v) is 11.8. The molecule has 0 spiro atoms. The number of carbonyl (C=O) groups excluding carboxylic acids is 1. The van der Waals surface area contributed by atoms with Gasteiger partial charge in [-0.3, -0.25) is 14.2 Å². The molecule has 0 saturated carbocycles. The van der Waals surface area contributed by atoms with E-state index in [1.807, 2.05) is 23.1 Å².